The number of hydrogen-bond donors (Lipinski definition) is 1. The Morgan fingerprint density at radius 1 is 1.17 bits per heavy atom. The van der Waals surface area contributed by atoms with Crippen LogP contribution in [0, 0.1) is 6.92 Å². The monoisotopic (exact) mass is 434 g/mol. The highest BCUT2D eigenvalue weighted by molar-refractivity contribution is 9.11. The number of benzene rings is 2. The summed E-state index contributed by atoms with van der Waals surface area (Å²) in [4.78, 5) is 16.2. The zero-order chi connectivity index (χ0) is 16.6. The van der Waals surface area contributed by atoms with Crippen LogP contribution in [0.4, 0.5) is 5.69 Å². The van der Waals surface area contributed by atoms with Crippen LogP contribution in [0.3, 0.4) is 0 Å². The van der Waals surface area contributed by atoms with Crippen molar-refractivity contribution < 1.29 is 9.21 Å². The molecule has 0 saturated carbocycles. The molecule has 0 radical (unpaired) electrons. The molecule has 4 nitrogen and oxygen atoms in total. The molecule has 6 heteroatoms. The number of aryl methyl sites for hydroxylation is 1. The Hall–Kier alpha value is -1.92. The van der Waals surface area contributed by atoms with Gasteiger partial charge in [0.15, 0.2) is 5.58 Å². The van der Waals surface area contributed by atoms with Gasteiger partial charge in [-0.05, 0) is 58.7 Å². The summed E-state index contributed by atoms with van der Waals surface area (Å²) in [6.07, 6.45) is 0. The minimum absolute atomic E-state index is 0.193. The maximum atomic E-state index is 11.8. The number of primary amides is 1. The second-order valence-electron chi connectivity index (χ2n) is 5.09. The summed E-state index contributed by atoms with van der Waals surface area (Å²) in [6.45, 7) is 1.97. The molecule has 0 aliphatic rings. The predicted octanol–water partition coefficient (Wildman–Crippen LogP) is 4.60. The molecule has 3 rings (SSSR count). The first-order valence-corrected chi connectivity index (χ1v) is 8.37. The summed E-state index contributed by atoms with van der Waals surface area (Å²) in [6, 6.07) is 13.0. The molecule has 1 amide bonds. The molecule has 0 aliphatic carbocycles. The lowest BCUT2D eigenvalue weighted by Crippen LogP contribution is -2.21. The number of fused-ring (bicyclic) bond motifs is 1. The van der Waals surface area contributed by atoms with Crippen LogP contribution in [0.5, 0.6) is 0 Å². The SMILES string of the molecule is Cc1cccc(N=c2oc3c(Br)cc(Br)cc3cc2C(N)=O)c1. The second-order valence-corrected chi connectivity index (χ2v) is 6.86. The Balaban J connectivity index is 2.34. The van der Waals surface area contributed by atoms with Crippen molar-refractivity contribution in [2.75, 3.05) is 0 Å². The van der Waals surface area contributed by atoms with E-state index in [1.807, 2.05) is 43.3 Å². The fourth-order valence-corrected chi connectivity index (χ4v) is 3.58. The van der Waals surface area contributed by atoms with Crippen molar-refractivity contribution in [3.63, 3.8) is 0 Å². The van der Waals surface area contributed by atoms with Gasteiger partial charge in [0, 0.05) is 9.86 Å². The summed E-state index contributed by atoms with van der Waals surface area (Å²) in [5, 5.41) is 0.753. The summed E-state index contributed by atoms with van der Waals surface area (Å²) < 4.78 is 7.48. The number of rotatable bonds is 2. The summed E-state index contributed by atoms with van der Waals surface area (Å²) in [5.41, 5.74) is 8.28. The van der Waals surface area contributed by atoms with E-state index in [4.69, 9.17) is 10.2 Å². The molecule has 2 N–H and O–H groups in total. The summed E-state index contributed by atoms with van der Waals surface area (Å²) in [5.74, 6) is -0.585. The molecule has 2 aromatic carbocycles. The minimum atomic E-state index is -0.585. The quantitative estimate of drug-likeness (QED) is 0.639. The van der Waals surface area contributed by atoms with Crippen LogP contribution in [-0.2, 0) is 0 Å². The number of hydrogen-bond acceptors (Lipinski definition) is 3. The largest absolute Gasteiger partial charge is 0.436 e. The predicted molar refractivity (Wildman–Crippen MR) is 96.5 cm³/mol. The van der Waals surface area contributed by atoms with Crippen molar-refractivity contribution in [2.45, 2.75) is 6.92 Å². The van der Waals surface area contributed by atoms with Crippen LogP contribution in [0.15, 0.2) is 60.8 Å². The molecule has 1 heterocycles. The van der Waals surface area contributed by atoms with Crippen LogP contribution in [-0.4, -0.2) is 5.91 Å². The topological polar surface area (TPSA) is 68.6 Å². The first-order valence-electron chi connectivity index (χ1n) is 6.78. The average molecular weight is 436 g/mol. The molecule has 23 heavy (non-hydrogen) atoms. The Morgan fingerprint density at radius 2 is 1.96 bits per heavy atom. The van der Waals surface area contributed by atoms with E-state index < -0.39 is 5.91 Å². The van der Waals surface area contributed by atoms with E-state index in [0.29, 0.717) is 11.3 Å². The Morgan fingerprint density at radius 3 is 2.65 bits per heavy atom. The first-order chi connectivity index (χ1) is 10.9. The number of halogens is 2. The molecular weight excluding hydrogens is 424 g/mol. The normalized spacial score (nSPS) is 11.9. The standard InChI is InChI=1S/C17H12Br2N2O2/c1-9-3-2-4-12(5-9)21-17-13(16(20)22)7-10-6-11(18)8-14(19)15(10)23-17/h2-8H,1H3,(H2,20,22). The lowest BCUT2D eigenvalue weighted by molar-refractivity contribution is 0.0996. The number of carbonyl (C=O) groups is 1. The third-order valence-electron chi connectivity index (χ3n) is 3.26. The fourth-order valence-electron chi connectivity index (χ4n) is 2.24. The molecule has 116 valence electrons. The van der Waals surface area contributed by atoms with Gasteiger partial charge in [-0.25, -0.2) is 4.99 Å². The van der Waals surface area contributed by atoms with Gasteiger partial charge in [0.1, 0.15) is 5.56 Å². The van der Waals surface area contributed by atoms with Gasteiger partial charge in [-0.1, -0.05) is 28.1 Å². The lowest BCUT2D eigenvalue weighted by Gasteiger charge is -2.05. The number of nitrogens with two attached hydrogens (primary N) is 1. The highest BCUT2D eigenvalue weighted by Gasteiger charge is 2.12. The lowest BCUT2D eigenvalue weighted by atomic mass is 10.2. The molecule has 0 unspecified atom stereocenters. The van der Waals surface area contributed by atoms with Crippen molar-refractivity contribution in [3.8, 4) is 0 Å². The molecule has 0 atom stereocenters. The molecule has 0 saturated heterocycles. The van der Waals surface area contributed by atoms with Crippen molar-refractivity contribution in [2.24, 2.45) is 10.7 Å². The van der Waals surface area contributed by atoms with E-state index >= 15 is 0 Å². The molecule has 0 bridgehead atoms. The Labute approximate surface area is 149 Å². The molecule has 3 aromatic rings. The summed E-state index contributed by atoms with van der Waals surface area (Å²) in [7, 11) is 0. The number of amides is 1. The Kier molecular flexibility index (Phi) is 4.37. The van der Waals surface area contributed by atoms with Crippen LogP contribution in [0.2, 0.25) is 0 Å². The van der Waals surface area contributed by atoms with Gasteiger partial charge < -0.3 is 10.2 Å². The van der Waals surface area contributed by atoms with E-state index in [9.17, 15) is 4.79 Å². The van der Waals surface area contributed by atoms with Gasteiger partial charge in [-0.15, -0.1) is 0 Å². The van der Waals surface area contributed by atoms with E-state index in [-0.39, 0.29) is 11.1 Å². The molecule has 1 aromatic heterocycles. The van der Waals surface area contributed by atoms with E-state index in [1.54, 1.807) is 6.07 Å². The van der Waals surface area contributed by atoms with Gasteiger partial charge in [-0.3, -0.25) is 4.79 Å². The van der Waals surface area contributed by atoms with E-state index in [2.05, 4.69) is 36.9 Å². The third-order valence-corrected chi connectivity index (χ3v) is 4.31. The zero-order valence-electron chi connectivity index (χ0n) is 12.1. The molecule has 0 fully saturated rings. The Bertz CT molecular complexity index is 994. The van der Waals surface area contributed by atoms with Crippen LogP contribution < -0.4 is 11.3 Å². The maximum Gasteiger partial charge on any atom is 0.254 e. The first kappa shape index (κ1) is 16.0. The van der Waals surface area contributed by atoms with Gasteiger partial charge in [0.2, 0.25) is 5.55 Å². The molecule has 0 aliphatic heterocycles. The maximum absolute atomic E-state index is 11.8. The molecular formula is C17H12Br2N2O2. The third kappa shape index (κ3) is 3.38. The van der Waals surface area contributed by atoms with Crippen LogP contribution in [0.25, 0.3) is 11.0 Å². The van der Waals surface area contributed by atoms with Gasteiger partial charge in [0.05, 0.1) is 10.2 Å². The van der Waals surface area contributed by atoms with Gasteiger partial charge in [0.25, 0.3) is 5.91 Å². The van der Waals surface area contributed by atoms with Gasteiger partial charge in [-0.2, -0.15) is 0 Å². The number of nitrogens with zero attached hydrogens (tertiary/aromatic N) is 1. The smallest absolute Gasteiger partial charge is 0.254 e. The molecule has 0 spiro atoms. The minimum Gasteiger partial charge on any atom is -0.436 e. The van der Waals surface area contributed by atoms with Crippen molar-refractivity contribution in [1.82, 2.24) is 0 Å². The van der Waals surface area contributed by atoms with Crippen molar-refractivity contribution in [3.05, 3.63) is 68.1 Å². The van der Waals surface area contributed by atoms with E-state index in [1.165, 1.54) is 0 Å². The second kappa shape index (κ2) is 6.29. The zero-order valence-corrected chi connectivity index (χ0v) is 15.3. The van der Waals surface area contributed by atoms with Crippen molar-refractivity contribution in [1.29, 1.82) is 0 Å². The van der Waals surface area contributed by atoms with E-state index in [0.717, 1.165) is 19.9 Å². The van der Waals surface area contributed by atoms with Crippen LogP contribution >= 0.6 is 31.9 Å². The van der Waals surface area contributed by atoms with Crippen LogP contribution in [0.1, 0.15) is 15.9 Å². The average Bonchev–Trinajstić information content (AvgIpc) is 2.47. The fraction of sp³-hybridized carbons (Fsp3) is 0.0588. The highest BCUT2D eigenvalue weighted by Crippen LogP contribution is 2.28. The summed E-state index contributed by atoms with van der Waals surface area (Å²) >= 11 is 6.87. The van der Waals surface area contributed by atoms with Gasteiger partial charge >= 0.3 is 0 Å². The van der Waals surface area contributed by atoms with Crippen molar-refractivity contribution >= 4 is 54.4 Å². The highest BCUT2D eigenvalue weighted by atomic mass is 79.9. The number of carbonyl (C=O) groups excluding carboxylic acids is 1.